The lowest BCUT2D eigenvalue weighted by Crippen LogP contribution is -2.08. The van der Waals surface area contributed by atoms with Gasteiger partial charge in [-0.25, -0.2) is 0 Å². The molecule has 2 heterocycles. The maximum Gasteiger partial charge on any atom is 0.231 e. The van der Waals surface area contributed by atoms with Crippen LogP contribution in [-0.2, 0) is 0 Å². The van der Waals surface area contributed by atoms with Gasteiger partial charge < -0.3 is 9.84 Å². The summed E-state index contributed by atoms with van der Waals surface area (Å²) >= 11 is 0. The first-order valence-electron chi connectivity index (χ1n) is 6.39. The van der Waals surface area contributed by atoms with Crippen molar-refractivity contribution >= 4 is 0 Å². The summed E-state index contributed by atoms with van der Waals surface area (Å²) in [5.41, 5.74) is 0. The van der Waals surface area contributed by atoms with Crippen LogP contribution in [0.15, 0.2) is 4.52 Å². The first kappa shape index (κ1) is 10.3. The molecule has 4 heteroatoms. The molecule has 1 N–H and O–H groups in total. The zero-order valence-corrected chi connectivity index (χ0v) is 9.78. The first-order valence-corrected chi connectivity index (χ1v) is 6.39. The summed E-state index contributed by atoms with van der Waals surface area (Å²) < 4.78 is 5.43. The second-order valence-electron chi connectivity index (χ2n) is 5.21. The zero-order valence-electron chi connectivity index (χ0n) is 9.78. The van der Waals surface area contributed by atoms with Gasteiger partial charge in [0, 0.05) is 12.5 Å². The molecular weight excluding hydrogens is 202 g/mol. The van der Waals surface area contributed by atoms with Gasteiger partial charge >= 0.3 is 0 Å². The van der Waals surface area contributed by atoms with Crippen LogP contribution in [0.5, 0.6) is 0 Å². The Morgan fingerprint density at radius 1 is 1.25 bits per heavy atom. The predicted molar refractivity (Wildman–Crippen MR) is 60.3 cm³/mol. The fourth-order valence-corrected chi connectivity index (χ4v) is 2.89. The normalized spacial score (nSPS) is 31.3. The van der Waals surface area contributed by atoms with Gasteiger partial charge in [0.15, 0.2) is 5.82 Å². The third kappa shape index (κ3) is 1.75. The van der Waals surface area contributed by atoms with E-state index in [1.54, 1.807) is 0 Å². The predicted octanol–water partition coefficient (Wildman–Crippen LogP) is 2.05. The molecule has 1 aromatic rings. The number of nitrogens with one attached hydrogen (secondary N) is 1. The maximum absolute atomic E-state index is 5.43. The fourth-order valence-electron chi connectivity index (χ4n) is 2.89. The van der Waals surface area contributed by atoms with E-state index in [0.717, 1.165) is 24.8 Å². The van der Waals surface area contributed by atoms with Crippen molar-refractivity contribution in [3.8, 4) is 0 Å². The topological polar surface area (TPSA) is 51.0 Å². The number of hydrogen-bond acceptors (Lipinski definition) is 4. The van der Waals surface area contributed by atoms with Crippen LogP contribution in [0.25, 0.3) is 0 Å². The molecular formula is C12H19N3O. The Kier molecular flexibility index (Phi) is 2.67. The summed E-state index contributed by atoms with van der Waals surface area (Å²) in [5, 5.41) is 7.53. The van der Waals surface area contributed by atoms with Crippen LogP contribution in [0.1, 0.15) is 56.2 Å². The molecule has 0 unspecified atom stereocenters. The Hall–Kier alpha value is -0.900. The van der Waals surface area contributed by atoms with Crippen LogP contribution in [-0.4, -0.2) is 23.2 Å². The third-order valence-corrected chi connectivity index (χ3v) is 4.01. The van der Waals surface area contributed by atoms with E-state index in [0.29, 0.717) is 17.8 Å². The molecule has 1 saturated carbocycles. The van der Waals surface area contributed by atoms with Crippen molar-refractivity contribution in [2.24, 2.45) is 5.92 Å². The van der Waals surface area contributed by atoms with Gasteiger partial charge in [0.25, 0.3) is 0 Å². The van der Waals surface area contributed by atoms with Gasteiger partial charge in [0.1, 0.15) is 0 Å². The van der Waals surface area contributed by atoms with Crippen LogP contribution >= 0.6 is 0 Å². The smallest absolute Gasteiger partial charge is 0.231 e. The van der Waals surface area contributed by atoms with E-state index in [1.165, 1.54) is 25.7 Å². The van der Waals surface area contributed by atoms with Crippen molar-refractivity contribution in [2.75, 3.05) is 13.1 Å². The Labute approximate surface area is 95.8 Å². The summed E-state index contributed by atoms with van der Waals surface area (Å²) in [4.78, 5) is 4.61. The number of nitrogens with zero attached hydrogens (tertiary/aromatic N) is 2. The molecule has 0 spiro atoms. The average molecular weight is 221 g/mol. The summed E-state index contributed by atoms with van der Waals surface area (Å²) in [7, 11) is 0. The molecule has 2 atom stereocenters. The summed E-state index contributed by atoms with van der Waals surface area (Å²) in [6.07, 6.45) is 5.10. The SMILES string of the molecule is C[C@@H]1CNC[C@H]1c1nc(C2CCCC2)no1. The van der Waals surface area contributed by atoms with Crippen molar-refractivity contribution in [2.45, 2.75) is 44.4 Å². The quantitative estimate of drug-likeness (QED) is 0.830. The van der Waals surface area contributed by atoms with E-state index in [-0.39, 0.29) is 0 Å². The average Bonchev–Trinajstić information content (AvgIpc) is 2.96. The molecule has 2 aliphatic rings. The van der Waals surface area contributed by atoms with E-state index >= 15 is 0 Å². The Morgan fingerprint density at radius 3 is 2.75 bits per heavy atom. The van der Waals surface area contributed by atoms with Gasteiger partial charge in [-0.05, 0) is 25.3 Å². The zero-order chi connectivity index (χ0) is 11.0. The monoisotopic (exact) mass is 221 g/mol. The Morgan fingerprint density at radius 2 is 2.06 bits per heavy atom. The molecule has 88 valence electrons. The van der Waals surface area contributed by atoms with Crippen LogP contribution in [0, 0.1) is 5.92 Å². The Bertz CT molecular complexity index is 357. The highest BCUT2D eigenvalue weighted by molar-refractivity contribution is 5.04. The number of aromatic nitrogens is 2. The molecule has 0 radical (unpaired) electrons. The molecule has 1 aromatic heterocycles. The van der Waals surface area contributed by atoms with Crippen LogP contribution in [0.2, 0.25) is 0 Å². The molecule has 1 aliphatic heterocycles. The second-order valence-corrected chi connectivity index (χ2v) is 5.21. The Balaban J connectivity index is 1.76. The highest BCUT2D eigenvalue weighted by Crippen LogP contribution is 2.34. The second kappa shape index (κ2) is 4.17. The minimum absolute atomic E-state index is 0.419. The third-order valence-electron chi connectivity index (χ3n) is 4.01. The van der Waals surface area contributed by atoms with Crippen molar-refractivity contribution in [1.82, 2.24) is 15.5 Å². The molecule has 0 bridgehead atoms. The molecule has 2 fully saturated rings. The molecule has 4 nitrogen and oxygen atoms in total. The summed E-state index contributed by atoms with van der Waals surface area (Å²) in [6.45, 7) is 4.28. The largest absolute Gasteiger partial charge is 0.339 e. The van der Waals surface area contributed by atoms with Crippen LogP contribution in [0.3, 0.4) is 0 Å². The van der Waals surface area contributed by atoms with Crippen LogP contribution in [0.4, 0.5) is 0 Å². The standard InChI is InChI=1S/C12H19N3O/c1-8-6-13-7-10(8)12-14-11(15-16-12)9-4-2-3-5-9/h8-10,13H,2-7H2,1H3/t8-,10-/m1/s1. The summed E-state index contributed by atoms with van der Waals surface area (Å²) in [5.74, 6) is 3.38. The van der Waals surface area contributed by atoms with E-state index < -0.39 is 0 Å². The van der Waals surface area contributed by atoms with Crippen LogP contribution < -0.4 is 5.32 Å². The van der Waals surface area contributed by atoms with E-state index in [4.69, 9.17) is 4.52 Å². The van der Waals surface area contributed by atoms with Gasteiger partial charge in [-0.2, -0.15) is 4.98 Å². The molecule has 3 rings (SSSR count). The van der Waals surface area contributed by atoms with Gasteiger partial charge in [-0.3, -0.25) is 0 Å². The molecule has 1 saturated heterocycles. The fraction of sp³-hybridized carbons (Fsp3) is 0.833. The van der Waals surface area contributed by atoms with Gasteiger partial charge in [-0.15, -0.1) is 0 Å². The lowest BCUT2D eigenvalue weighted by atomic mass is 9.98. The van der Waals surface area contributed by atoms with E-state index in [1.807, 2.05) is 0 Å². The molecule has 16 heavy (non-hydrogen) atoms. The van der Waals surface area contributed by atoms with E-state index in [9.17, 15) is 0 Å². The van der Waals surface area contributed by atoms with Crippen molar-refractivity contribution in [1.29, 1.82) is 0 Å². The summed E-state index contributed by atoms with van der Waals surface area (Å²) in [6, 6.07) is 0. The minimum atomic E-state index is 0.419. The lowest BCUT2D eigenvalue weighted by molar-refractivity contribution is 0.334. The van der Waals surface area contributed by atoms with Crippen molar-refractivity contribution in [3.63, 3.8) is 0 Å². The van der Waals surface area contributed by atoms with Crippen molar-refractivity contribution in [3.05, 3.63) is 11.7 Å². The highest BCUT2D eigenvalue weighted by Gasteiger charge is 2.31. The maximum atomic E-state index is 5.43. The van der Waals surface area contributed by atoms with Crippen molar-refractivity contribution < 1.29 is 4.52 Å². The van der Waals surface area contributed by atoms with Gasteiger partial charge in [-0.1, -0.05) is 24.9 Å². The highest BCUT2D eigenvalue weighted by atomic mass is 16.5. The molecule has 1 aliphatic carbocycles. The number of rotatable bonds is 2. The molecule has 0 aromatic carbocycles. The molecule has 0 amide bonds. The van der Waals surface area contributed by atoms with E-state index in [2.05, 4.69) is 22.4 Å². The number of hydrogen-bond donors (Lipinski definition) is 1. The van der Waals surface area contributed by atoms with Gasteiger partial charge in [0.2, 0.25) is 5.89 Å². The first-order chi connectivity index (χ1) is 7.84. The minimum Gasteiger partial charge on any atom is -0.339 e. The van der Waals surface area contributed by atoms with Gasteiger partial charge in [0.05, 0.1) is 5.92 Å². The lowest BCUT2D eigenvalue weighted by Gasteiger charge is -2.07.